The Morgan fingerprint density at radius 2 is 1.79 bits per heavy atom. The Hall–Kier alpha value is -3.51. The van der Waals surface area contributed by atoms with Gasteiger partial charge in [-0.3, -0.25) is 4.79 Å². The normalized spacial score (nSPS) is 17.9. The van der Waals surface area contributed by atoms with Crippen molar-refractivity contribution in [2.24, 2.45) is 0 Å². The maximum Gasteiger partial charge on any atom is 0.419 e. The van der Waals surface area contributed by atoms with Crippen molar-refractivity contribution >= 4 is 5.91 Å². The van der Waals surface area contributed by atoms with Crippen LogP contribution in [0, 0.1) is 12.7 Å². The summed E-state index contributed by atoms with van der Waals surface area (Å²) in [5.41, 5.74) is -1.36. The van der Waals surface area contributed by atoms with Crippen LogP contribution < -0.4 is 0 Å². The molecule has 13 heteroatoms. The number of hydrogen-bond donors (Lipinski definition) is 0. The van der Waals surface area contributed by atoms with Gasteiger partial charge in [0.2, 0.25) is 0 Å². The maximum atomic E-state index is 15.0. The molecular weight excluding hydrogens is 466 g/mol. The molecule has 1 amide bonds. The first kappa shape index (κ1) is 23.6. The molecule has 7 nitrogen and oxygen atoms in total. The molecule has 0 bridgehead atoms. The minimum Gasteiger partial charge on any atom is -0.329 e. The quantitative estimate of drug-likeness (QED) is 0.512. The highest BCUT2D eigenvalue weighted by Crippen LogP contribution is 2.38. The SMILES string of the molecule is Cc1ccc(-n2nccn2)c(C(=O)N2CCC(F)(F)[C@H]2CCc2ncc(C(F)(F)F)cn2)c1F. The van der Waals surface area contributed by atoms with Crippen molar-refractivity contribution in [2.45, 2.75) is 44.3 Å². The fraction of sp³-hybridized carbons (Fsp3) is 0.381. The van der Waals surface area contributed by atoms with Gasteiger partial charge in [0.05, 0.1) is 24.0 Å². The topological polar surface area (TPSA) is 76.8 Å². The Morgan fingerprint density at radius 1 is 1.15 bits per heavy atom. The molecule has 3 heterocycles. The third kappa shape index (κ3) is 4.46. The van der Waals surface area contributed by atoms with E-state index in [1.165, 1.54) is 31.5 Å². The van der Waals surface area contributed by atoms with Crippen LogP contribution in [0.25, 0.3) is 5.69 Å². The number of likely N-dealkylation sites (tertiary alicyclic amines) is 1. The van der Waals surface area contributed by atoms with Gasteiger partial charge in [0.1, 0.15) is 22.9 Å². The summed E-state index contributed by atoms with van der Waals surface area (Å²) in [6, 6.07) is 1.22. The number of alkyl halides is 5. The van der Waals surface area contributed by atoms with Gasteiger partial charge in [0.15, 0.2) is 0 Å². The van der Waals surface area contributed by atoms with E-state index < -0.39 is 47.4 Å². The summed E-state index contributed by atoms with van der Waals surface area (Å²) in [5, 5.41) is 7.80. The lowest BCUT2D eigenvalue weighted by Crippen LogP contribution is -2.43. The molecule has 0 N–H and O–H groups in total. The van der Waals surface area contributed by atoms with Gasteiger partial charge in [-0.25, -0.2) is 23.1 Å². The Balaban J connectivity index is 1.61. The average molecular weight is 484 g/mol. The van der Waals surface area contributed by atoms with Crippen molar-refractivity contribution in [3.63, 3.8) is 0 Å². The summed E-state index contributed by atoms with van der Waals surface area (Å²) in [6.07, 6.45) is -2.00. The van der Waals surface area contributed by atoms with Crippen LogP contribution in [0.3, 0.4) is 0 Å². The molecule has 1 aliphatic heterocycles. The number of hydrogen-bond acceptors (Lipinski definition) is 5. The zero-order chi connectivity index (χ0) is 24.7. The van der Waals surface area contributed by atoms with E-state index in [0.29, 0.717) is 12.4 Å². The number of benzene rings is 1. The Labute approximate surface area is 189 Å². The van der Waals surface area contributed by atoms with Crippen molar-refractivity contribution in [1.82, 2.24) is 29.9 Å². The first-order chi connectivity index (χ1) is 16.0. The summed E-state index contributed by atoms with van der Waals surface area (Å²) >= 11 is 0. The predicted molar refractivity (Wildman–Crippen MR) is 106 cm³/mol. The molecule has 180 valence electrons. The van der Waals surface area contributed by atoms with E-state index in [1.54, 1.807) is 0 Å². The Bertz CT molecular complexity index is 1180. The number of amides is 1. The second-order valence-electron chi connectivity index (χ2n) is 7.86. The van der Waals surface area contributed by atoms with Crippen LogP contribution in [-0.2, 0) is 12.6 Å². The number of nitrogens with zero attached hydrogens (tertiary/aromatic N) is 6. The van der Waals surface area contributed by atoms with Crippen molar-refractivity contribution < 1.29 is 31.1 Å². The lowest BCUT2D eigenvalue weighted by molar-refractivity contribution is -0.138. The van der Waals surface area contributed by atoms with Crippen LogP contribution in [0.5, 0.6) is 0 Å². The van der Waals surface area contributed by atoms with Crippen LogP contribution in [0.1, 0.15) is 40.2 Å². The first-order valence-corrected chi connectivity index (χ1v) is 10.2. The zero-order valence-corrected chi connectivity index (χ0v) is 17.7. The summed E-state index contributed by atoms with van der Waals surface area (Å²) in [7, 11) is 0. The second kappa shape index (κ2) is 8.69. The van der Waals surface area contributed by atoms with Gasteiger partial charge < -0.3 is 4.90 Å². The molecule has 34 heavy (non-hydrogen) atoms. The third-order valence-electron chi connectivity index (χ3n) is 5.65. The van der Waals surface area contributed by atoms with Gasteiger partial charge in [0, 0.05) is 31.8 Å². The molecule has 0 spiro atoms. The number of carbonyl (C=O) groups excluding carboxylic acids is 1. The predicted octanol–water partition coefficient (Wildman–Crippen LogP) is 4.01. The van der Waals surface area contributed by atoms with E-state index in [4.69, 9.17) is 0 Å². The number of halogens is 6. The maximum absolute atomic E-state index is 15.0. The molecule has 3 aromatic rings. The monoisotopic (exact) mass is 484 g/mol. The Morgan fingerprint density at radius 3 is 2.41 bits per heavy atom. The van der Waals surface area contributed by atoms with Crippen LogP contribution >= 0.6 is 0 Å². The molecule has 2 aromatic heterocycles. The molecule has 0 radical (unpaired) electrons. The molecular formula is C21H18F6N6O. The largest absolute Gasteiger partial charge is 0.419 e. The van der Waals surface area contributed by atoms with E-state index in [1.807, 2.05) is 0 Å². The molecule has 1 fully saturated rings. The molecule has 1 atom stereocenters. The van der Waals surface area contributed by atoms with Gasteiger partial charge in [0.25, 0.3) is 11.8 Å². The van der Waals surface area contributed by atoms with E-state index >= 15 is 4.39 Å². The third-order valence-corrected chi connectivity index (χ3v) is 5.65. The smallest absolute Gasteiger partial charge is 0.329 e. The van der Waals surface area contributed by atoms with E-state index in [9.17, 15) is 26.7 Å². The first-order valence-electron chi connectivity index (χ1n) is 10.2. The van der Waals surface area contributed by atoms with Crippen LogP contribution in [0.15, 0.2) is 36.9 Å². The van der Waals surface area contributed by atoms with Gasteiger partial charge >= 0.3 is 6.18 Å². The minimum atomic E-state index is -4.63. The fourth-order valence-electron chi connectivity index (χ4n) is 3.85. The van der Waals surface area contributed by atoms with Gasteiger partial charge in [-0.15, -0.1) is 0 Å². The molecule has 0 unspecified atom stereocenters. The molecule has 4 rings (SSSR count). The number of aromatic nitrogens is 5. The lowest BCUT2D eigenvalue weighted by atomic mass is 10.0. The minimum absolute atomic E-state index is 0.00172. The van der Waals surface area contributed by atoms with Crippen LogP contribution in [0.2, 0.25) is 0 Å². The van der Waals surface area contributed by atoms with E-state index in [0.717, 1.165) is 9.70 Å². The van der Waals surface area contributed by atoms with Crippen molar-refractivity contribution in [2.75, 3.05) is 6.54 Å². The van der Waals surface area contributed by atoms with E-state index in [2.05, 4.69) is 20.2 Å². The van der Waals surface area contributed by atoms with Crippen molar-refractivity contribution in [3.8, 4) is 5.69 Å². The summed E-state index contributed by atoms with van der Waals surface area (Å²) in [5.74, 6) is -5.19. The summed E-state index contributed by atoms with van der Waals surface area (Å²) in [6.45, 7) is 1.11. The van der Waals surface area contributed by atoms with Crippen molar-refractivity contribution in [1.29, 1.82) is 0 Å². The molecule has 0 saturated carbocycles. The summed E-state index contributed by atoms with van der Waals surface area (Å²) in [4.78, 5) is 22.4. The molecule has 1 aliphatic rings. The zero-order valence-electron chi connectivity index (χ0n) is 17.7. The number of aryl methyl sites for hydroxylation is 2. The van der Waals surface area contributed by atoms with Crippen LogP contribution in [0.4, 0.5) is 26.3 Å². The highest BCUT2D eigenvalue weighted by atomic mass is 19.4. The van der Waals surface area contributed by atoms with Gasteiger partial charge in [-0.05, 0) is 25.0 Å². The Kier molecular flexibility index (Phi) is 6.04. The number of rotatable bonds is 5. The lowest BCUT2D eigenvalue weighted by Gasteiger charge is -2.28. The molecule has 1 aromatic carbocycles. The van der Waals surface area contributed by atoms with Gasteiger partial charge in [-0.1, -0.05) is 6.07 Å². The average Bonchev–Trinajstić information content (AvgIpc) is 3.41. The second-order valence-corrected chi connectivity index (χ2v) is 7.86. The summed E-state index contributed by atoms with van der Waals surface area (Å²) < 4.78 is 82.5. The fourth-order valence-corrected chi connectivity index (χ4v) is 3.85. The standard InChI is InChI=1S/C21H18F6N6O/c1-12-2-3-14(33-30-7-8-31-33)17(18(12)22)19(34)32-9-6-20(23,24)15(32)4-5-16-28-10-13(11-29-16)21(25,26)27/h2-3,7-8,10-11,15H,4-6,9H2,1H3/t15-/m1/s1. The van der Waals surface area contributed by atoms with E-state index in [-0.39, 0.29) is 36.5 Å². The number of carbonyl (C=O) groups is 1. The van der Waals surface area contributed by atoms with Crippen molar-refractivity contribution in [3.05, 3.63) is 65.3 Å². The molecule has 1 saturated heterocycles. The highest BCUT2D eigenvalue weighted by Gasteiger charge is 2.51. The highest BCUT2D eigenvalue weighted by molar-refractivity contribution is 5.98. The van der Waals surface area contributed by atoms with Gasteiger partial charge in [-0.2, -0.15) is 28.2 Å². The molecule has 0 aliphatic carbocycles. The van der Waals surface area contributed by atoms with Crippen LogP contribution in [-0.4, -0.2) is 54.3 Å².